The van der Waals surface area contributed by atoms with Gasteiger partial charge in [-0.05, 0) is 36.8 Å². The average molecular weight is 244 g/mol. The summed E-state index contributed by atoms with van der Waals surface area (Å²) in [5.41, 5.74) is 0.728. The minimum Gasteiger partial charge on any atom is -0.338 e. The lowest BCUT2D eigenvalue weighted by Gasteiger charge is -2.41. The van der Waals surface area contributed by atoms with Gasteiger partial charge in [0, 0.05) is 25.5 Å². The van der Waals surface area contributed by atoms with E-state index in [-0.39, 0.29) is 5.91 Å². The maximum absolute atomic E-state index is 12.4. The average Bonchev–Trinajstić information content (AvgIpc) is 2.47. The van der Waals surface area contributed by atoms with Crippen LogP contribution in [0, 0.1) is 11.8 Å². The summed E-state index contributed by atoms with van der Waals surface area (Å²) < 4.78 is 0. The second kappa shape index (κ2) is 5.09. The van der Waals surface area contributed by atoms with Crippen molar-refractivity contribution in [1.29, 1.82) is 0 Å². The molecule has 3 rings (SSSR count). The molecule has 2 aliphatic rings. The van der Waals surface area contributed by atoms with Crippen molar-refractivity contribution >= 4 is 5.91 Å². The number of pyridine rings is 1. The van der Waals surface area contributed by atoms with Crippen molar-refractivity contribution in [3.63, 3.8) is 0 Å². The molecule has 18 heavy (non-hydrogen) atoms. The quantitative estimate of drug-likeness (QED) is 0.761. The summed E-state index contributed by atoms with van der Waals surface area (Å²) in [6, 6.07) is 3.70. The fourth-order valence-electron chi connectivity index (χ4n) is 3.46. The van der Waals surface area contributed by atoms with E-state index in [2.05, 4.69) is 4.98 Å². The third-order valence-corrected chi connectivity index (χ3v) is 4.49. The molecule has 2 heterocycles. The van der Waals surface area contributed by atoms with Crippen LogP contribution in [0.1, 0.15) is 42.5 Å². The van der Waals surface area contributed by atoms with E-state index in [9.17, 15) is 4.79 Å². The summed E-state index contributed by atoms with van der Waals surface area (Å²) in [7, 11) is 0. The number of rotatable bonds is 1. The van der Waals surface area contributed by atoms with Gasteiger partial charge in [0.2, 0.25) is 0 Å². The standard InChI is InChI=1S/C15H20N2O/c18-15(13-6-3-8-16-10-13)17-9-7-12-4-1-2-5-14(12)11-17/h3,6,8,10,12,14H,1-2,4-5,7,9,11H2/t12-,14-/m1/s1. The number of aromatic nitrogens is 1. The van der Waals surface area contributed by atoms with Crippen molar-refractivity contribution < 1.29 is 4.79 Å². The highest BCUT2D eigenvalue weighted by atomic mass is 16.2. The van der Waals surface area contributed by atoms with Crippen LogP contribution in [0.4, 0.5) is 0 Å². The van der Waals surface area contributed by atoms with E-state index in [1.807, 2.05) is 17.0 Å². The second-order valence-electron chi connectivity index (χ2n) is 5.59. The number of likely N-dealkylation sites (tertiary alicyclic amines) is 1. The molecule has 1 aromatic heterocycles. The van der Waals surface area contributed by atoms with Crippen LogP contribution in [-0.2, 0) is 0 Å². The number of hydrogen-bond acceptors (Lipinski definition) is 2. The normalized spacial score (nSPS) is 27.7. The Balaban J connectivity index is 1.69. The first kappa shape index (κ1) is 11.7. The lowest BCUT2D eigenvalue weighted by Crippen LogP contribution is -2.44. The summed E-state index contributed by atoms with van der Waals surface area (Å²) in [5.74, 6) is 1.77. The zero-order chi connectivity index (χ0) is 12.4. The number of fused-ring (bicyclic) bond motifs is 1. The maximum atomic E-state index is 12.4. The van der Waals surface area contributed by atoms with Crippen molar-refractivity contribution in [3.8, 4) is 0 Å². The van der Waals surface area contributed by atoms with Gasteiger partial charge in [-0.2, -0.15) is 0 Å². The minimum absolute atomic E-state index is 0.159. The first-order chi connectivity index (χ1) is 8.84. The second-order valence-corrected chi connectivity index (χ2v) is 5.59. The molecule has 1 saturated carbocycles. The van der Waals surface area contributed by atoms with Crippen LogP contribution >= 0.6 is 0 Å². The summed E-state index contributed by atoms with van der Waals surface area (Å²) >= 11 is 0. The largest absolute Gasteiger partial charge is 0.338 e. The first-order valence-corrected chi connectivity index (χ1v) is 7.04. The first-order valence-electron chi connectivity index (χ1n) is 7.04. The fourth-order valence-corrected chi connectivity index (χ4v) is 3.46. The highest BCUT2D eigenvalue weighted by molar-refractivity contribution is 5.93. The van der Waals surface area contributed by atoms with Crippen molar-refractivity contribution in [2.75, 3.05) is 13.1 Å². The monoisotopic (exact) mass is 244 g/mol. The highest BCUT2D eigenvalue weighted by Gasteiger charge is 2.33. The third-order valence-electron chi connectivity index (χ3n) is 4.49. The van der Waals surface area contributed by atoms with Crippen molar-refractivity contribution in [2.45, 2.75) is 32.1 Å². The SMILES string of the molecule is O=C(c1cccnc1)N1CC[C@H]2CCCC[C@@H]2C1. The molecule has 3 nitrogen and oxygen atoms in total. The Hall–Kier alpha value is -1.38. The number of piperidine rings is 1. The number of nitrogens with zero attached hydrogens (tertiary/aromatic N) is 2. The Kier molecular flexibility index (Phi) is 3.31. The van der Waals surface area contributed by atoms with E-state index < -0.39 is 0 Å². The predicted molar refractivity (Wildman–Crippen MR) is 70.2 cm³/mol. The Morgan fingerprint density at radius 3 is 2.83 bits per heavy atom. The Bertz CT molecular complexity index is 418. The lowest BCUT2D eigenvalue weighted by molar-refractivity contribution is 0.0520. The van der Waals surface area contributed by atoms with Gasteiger partial charge in [0.15, 0.2) is 0 Å². The van der Waals surface area contributed by atoms with Crippen LogP contribution in [0.5, 0.6) is 0 Å². The molecule has 0 radical (unpaired) electrons. The van der Waals surface area contributed by atoms with Crippen LogP contribution in [-0.4, -0.2) is 28.9 Å². The minimum atomic E-state index is 0.159. The summed E-state index contributed by atoms with van der Waals surface area (Å²) in [5, 5.41) is 0. The van der Waals surface area contributed by atoms with Gasteiger partial charge in [-0.3, -0.25) is 9.78 Å². The van der Waals surface area contributed by atoms with Gasteiger partial charge >= 0.3 is 0 Å². The molecule has 1 aliphatic heterocycles. The van der Waals surface area contributed by atoms with E-state index in [4.69, 9.17) is 0 Å². The van der Waals surface area contributed by atoms with E-state index >= 15 is 0 Å². The Labute approximate surface area is 108 Å². The molecule has 1 saturated heterocycles. The number of amides is 1. The highest BCUT2D eigenvalue weighted by Crippen LogP contribution is 2.36. The van der Waals surface area contributed by atoms with Gasteiger partial charge in [0.05, 0.1) is 5.56 Å². The molecular weight excluding hydrogens is 224 g/mol. The smallest absolute Gasteiger partial charge is 0.255 e. The molecule has 3 heteroatoms. The van der Waals surface area contributed by atoms with Crippen LogP contribution in [0.15, 0.2) is 24.5 Å². The van der Waals surface area contributed by atoms with E-state index in [1.54, 1.807) is 12.4 Å². The molecular formula is C15H20N2O. The molecule has 0 aromatic carbocycles. The Morgan fingerprint density at radius 2 is 2.06 bits per heavy atom. The van der Waals surface area contributed by atoms with Crippen molar-refractivity contribution in [3.05, 3.63) is 30.1 Å². The molecule has 0 N–H and O–H groups in total. The fraction of sp³-hybridized carbons (Fsp3) is 0.600. The molecule has 0 spiro atoms. The van der Waals surface area contributed by atoms with Gasteiger partial charge in [-0.25, -0.2) is 0 Å². The zero-order valence-electron chi connectivity index (χ0n) is 10.7. The number of carbonyl (C=O) groups is 1. The van der Waals surface area contributed by atoms with Gasteiger partial charge in [-0.1, -0.05) is 19.3 Å². The number of carbonyl (C=O) groups excluding carboxylic acids is 1. The van der Waals surface area contributed by atoms with E-state index in [0.717, 1.165) is 30.5 Å². The maximum Gasteiger partial charge on any atom is 0.255 e. The molecule has 1 amide bonds. The predicted octanol–water partition coefficient (Wildman–Crippen LogP) is 2.73. The van der Waals surface area contributed by atoms with Crippen LogP contribution in [0.2, 0.25) is 0 Å². The third kappa shape index (κ3) is 2.26. The molecule has 96 valence electrons. The number of hydrogen-bond donors (Lipinski definition) is 0. The summed E-state index contributed by atoms with van der Waals surface area (Å²) in [4.78, 5) is 18.4. The van der Waals surface area contributed by atoms with Crippen LogP contribution in [0.25, 0.3) is 0 Å². The molecule has 0 unspecified atom stereocenters. The zero-order valence-corrected chi connectivity index (χ0v) is 10.7. The van der Waals surface area contributed by atoms with Gasteiger partial charge in [0.25, 0.3) is 5.91 Å². The van der Waals surface area contributed by atoms with Crippen molar-refractivity contribution in [1.82, 2.24) is 9.88 Å². The molecule has 1 aromatic rings. The van der Waals surface area contributed by atoms with Crippen LogP contribution < -0.4 is 0 Å². The summed E-state index contributed by atoms with van der Waals surface area (Å²) in [6.07, 6.45) is 9.99. The van der Waals surface area contributed by atoms with E-state index in [0.29, 0.717) is 0 Å². The molecule has 1 aliphatic carbocycles. The summed E-state index contributed by atoms with van der Waals surface area (Å²) in [6.45, 7) is 1.88. The molecule has 2 atom stereocenters. The van der Waals surface area contributed by atoms with Gasteiger partial charge in [0.1, 0.15) is 0 Å². The van der Waals surface area contributed by atoms with E-state index in [1.165, 1.54) is 32.1 Å². The molecule has 0 bridgehead atoms. The van der Waals surface area contributed by atoms with Gasteiger partial charge in [-0.15, -0.1) is 0 Å². The Morgan fingerprint density at radius 1 is 1.22 bits per heavy atom. The molecule has 2 fully saturated rings. The van der Waals surface area contributed by atoms with Crippen molar-refractivity contribution in [2.24, 2.45) is 11.8 Å². The lowest BCUT2D eigenvalue weighted by atomic mass is 9.75. The van der Waals surface area contributed by atoms with Crippen LogP contribution in [0.3, 0.4) is 0 Å². The van der Waals surface area contributed by atoms with Gasteiger partial charge < -0.3 is 4.90 Å². The topological polar surface area (TPSA) is 33.2 Å².